The summed E-state index contributed by atoms with van der Waals surface area (Å²) in [6, 6.07) is 21.3. The van der Waals surface area contributed by atoms with Crippen LogP contribution in [0.2, 0.25) is 0 Å². The normalized spacial score (nSPS) is 13.2. The van der Waals surface area contributed by atoms with Crippen LogP contribution in [0.4, 0.5) is 4.79 Å². The molecule has 0 bridgehead atoms. The van der Waals surface area contributed by atoms with Gasteiger partial charge < -0.3 is 20.1 Å². The third-order valence-electron chi connectivity index (χ3n) is 6.06. The molecule has 3 aromatic rings. The van der Waals surface area contributed by atoms with E-state index < -0.39 is 22.0 Å². The maximum absolute atomic E-state index is 12.8. The van der Waals surface area contributed by atoms with Crippen molar-refractivity contribution in [3.05, 3.63) is 95.1 Å². The van der Waals surface area contributed by atoms with E-state index in [0.29, 0.717) is 19.6 Å². The van der Waals surface area contributed by atoms with Crippen LogP contribution in [0.15, 0.2) is 77.7 Å². The molecule has 0 aromatic heterocycles. The Bertz CT molecular complexity index is 1340. The first-order valence-electron chi connectivity index (χ1n) is 12.1. The van der Waals surface area contributed by atoms with Crippen LogP contribution in [0.5, 0.6) is 5.75 Å². The molecule has 2 amide bonds. The maximum atomic E-state index is 12.8. The van der Waals surface area contributed by atoms with Crippen LogP contribution in [-0.4, -0.2) is 39.8 Å². The fraction of sp³-hybridized carbons (Fsp3) is 0.286. The second kappa shape index (κ2) is 11.9. The number of nitrogens with one attached hydrogen (secondary N) is 2. The highest BCUT2D eigenvalue weighted by Crippen LogP contribution is 2.31. The van der Waals surface area contributed by atoms with Crippen LogP contribution in [0, 0.1) is 0 Å². The van der Waals surface area contributed by atoms with Gasteiger partial charge in [-0.2, -0.15) is 0 Å². The zero-order chi connectivity index (χ0) is 26.3. The molecule has 194 valence electrons. The lowest BCUT2D eigenvalue weighted by Gasteiger charge is -2.21. The topological polar surface area (TPSA) is 111 Å². The summed E-state index contributed by atoms with van der Waals surface area (Å²) in [5.41, 5.74) is 3.61. The Morgan fingerprint density at radius 3 is 2.46 bits per heavy atom. The van der Waals surface area contributed by atoms with Gasteiger partial charge >= 0.3 is 6.09 Å². The molecule has 1 aliphatic rings. The summed E-state index contributed by atoms with van der Waals surface area (Å²) in [4.78, 5) is 25.0. The lowest BCUT2D eigenvalue weighted by Crippen LogP contribution is -2.31. The summed E-state index contributed by atoms with van der Waals surface area (Å²) < 4.78 is 34.5. The quantitative estimate of drug-likeness (QED) is 0.390. The van der Waals surface area contributed by atoms with Gasteiger partial charge in [-0.25, -0.2) is 13.2 Å². The Balaban J connectivity index is 1.35. The van der Waals surface area contributed by atoms with E-state index in [-0.39, 0.29) is 23.8 Å². The summed E-state index contributed by atoms with van der Waals surface area (Å²) in [6.07, 6.45) is 2.05. The van der Waals surface area contributed by atoms with Gasteiger partial charge in [-0.05, 0) is 52.9 Å². The minimum Gasteiger partial charge on any atom is -0.493 e. The van der Waals surface area contributed by atoms with Gasteiger partial charge in [0.25, 0.3) is 0 Å². The summed E-state index contributed by atoms with van der Waals surface area (Å²) in [7, 11) is -3.33. The van der Waals surface area contributed by atoms with Crippen molar-refractivity contribution in [2.45, 2.75) is 36.8 Å². The Morgan fingerprint density at radius 2 is 1.73 bits per heavy atom. The molecule has 9 heteroatoms. The van der Waals surface area contributed by atoms with E-state index in [2.05, 4.69) is 10.6 Å². The van der Waals surface area contributed by atoms with Crippen molar-refractivity contribution >= 4 is 21.8 Å². The summed E-state index contributed by atoms with van der Waals surface area (Å²) in [6.45, 7) is 1.10. The zero-order valence-electron chi connectivity index (χ0n) is 20.6. The van der Waals surface area contributed by atoms with Crippen molar-refractivity contribution in [3.8, 4) is 5.75 Å². The molecular formula is C28H30N2O6S. The minimum absolute atomic E-state index is 0.179. The minimum atomic E-state index is -3.33. The van der Waals surface area contributed by atoms with E-state index in [1.807, 2.05) is 48.5 Å². The van der Waals surface area contributed by atoms with Gasteiger partial charge in [-0.3, -0.25) is 4.79 Å². The molecule has 0 aliphatic carbocycles. The SMILES string of the molecule is CS(=O)(=O)c1ccc(C(NC(=O)CCCNC(=O)OCc2ccccc2)c2ccc3c(c2)CCO3)cc1. The lowest BCUT2D eigenvalue weighted by molar-refractivity contribution is -0.121. The first-order chi connectivity index (χ1) is 17.8. The van der Waals surface area contributed by atoms with Gasteiger partial charge in [0.2, 0.25) is 5.91 Å². The molecule has 1 aliphatic heterocycles. The van der Waals surface area contributed by atoms with Crippen molar-refractivity contribution < 1.29 is 27.5 Å². The Labute approximate surface area is 216 Å². The summed E-state index contributed by atoms with van der Waals surface area (Å²) >= 11 is 0. The molecule has 1 heterocycles. The molecule has 37 heavy (non-hydrogen) atoms. The highest BCUT2D eigenvalue weighted by atomic mass is 32.2. The standard InChI is InChI=1S/C28H30N2O6S/c1-37(33,34)24-12-9-21(10-13-24)27(23-11-14-25-22(18-23)15-17-35-25)30-26(31)8-5-16-29-28(32)36-19-20-6-3-2-4-7-20/h2-4,6-7,9-14,18,27H,5,8,15-17,19H2,1H3,(H,29,32)(H,30,31). The van der Waals surface area contributed by atoms with Crippen LogP contribution in [-0.2, 0) is 32.4 Å². The third-order valence-corrected chi connectivity index (χ3v) is 7.18. The van der Waals surface area contributed by atoms with Crippen LogP contribution < -0.4 is 15.4 Å². The fourth-order valence-corrected chi connectivity index (χ4v) is 4.73. The van der Waals surface area contributed by atoms with E-state index >= 15 is 0 Å². The first kappa shape index (κ1) is 26.2. The van der Waals surface area contributed by atoms with Crippen molar-refractivity contribution in [1.29, 1.82) is 0 Å². The second-order valence-electron chi connectivity index (χ2n) is 8.90. The molecule has 0 spiro atoms. The largest absolute Gasteiger partial charge is 0.493 e. The third kappa shape index (κ3) is 7.33. The van der Waals surface area contributed by atoms with Crippen molar-refractivity contribution in [1.82, 2.24) is 10.6 Å². The van der Waals surface area contributed by atoms with E-state index in [1.165, 1.54) is 0 Å². The number of hydrogen-bond donors (Lipinski definition) is 2. The lowest BCUT2D eigenvalue weighted by atomic mass is 9.96. The maximum Gasteiger partial charge on any atom is 0.407 e. The summed E-state index contributed by atoms with van der Waals surface area (Å²) in [5.74, 6) is 0.653. The van der Waals surface area contributed by atoms with E-state index in [0.717, 1.165) is 40.7 Å². The molecule has 0 radical (unpaired) electrons. The molecule has 1 unspecified atom stereocenters. The number of alkyl carbamates (subject to hydrolysis) is 1. The van der Waals surface area contributed by atoms with E-state index in [4.69, 9.17) is 9.47 Å². The first-order valence-corrected chi connectivity index (χ1v) is 14.0. The van der Waals surface area contributed by atoms with Gasteiger partial charge in [0.15, 0.2) is 9.84 Å². The van der Waals surface area contributed by atoms with E-state index in [9.17, 15) is 18.0 Å². The predicted octanol–water partition coefficient (Wildman–Crippen LogP) is 3.94. The molecule has 1 atom stereocenters. The molecule has 2 N–H and O–H groups in total. The van der Waals surface area contributed by atoms with Crippen molar-refractivity contribution in [2.24, 2.45) is 0 Å². The zero-order valence-corrected chi connectivity index (χ0v) is 21.4. The number of amides is 2. The Morgan fingerprint density at radius 1 is 1.00 bits per heavy atom. The predicted molar refractivity (Wildman–Crippen MR) is 139 cm³/mol. The summed E-state index contributed by atoms with van der Waals surface area (Å²) in [5, 5.41) is 5.72. The molecule has 0 saturated heterocycles. The Hall–Kier alpha value is -3.85. The van der Waals surface area contributed by atoms with Crippen LogP contribution >= 0.6 is 0 Å². The number of ether oxygens (including phenoxy) is 2. The Kier molecular flexibility index (Phi) is 8.45. The number of sulfone groups is 1. The van der Waals surface area contributed by atoms with Gasteiger partial charge in [-0.15, -0.1) is 0 Å². The highest BCUT2D eigenvalue weighted by molar-refractivity contribution is 7.90. The van der Waals surface area contributed by atoms with Crippen molar-refractivity contribution in [2.75, 3.05) is 19.4 Å². The molecular weight excluding hydrogens is 492 g/mol. The number of rotatable bonds is 10. The monoisotopic (exact) mass is 522 g/mol. The fourth-order valence-electron chi connectivity index (χ4n) is 4.10. The smallest absolute Gasteiger partial charge is 0.407 e. The number of benzene rings is 3. The number of hydrogen-bond acceptors (Lipinski definition) is 6. The van der Waals surface area contributed by atoms with Gasteiger partial charge in [0.1, 0.15) is 12.4 Å². The molecule has 8 nitrogen and oxygen atoms in total. The van der Waals surface area contributed by atoms with Crippen LogP contribution in [0.1, 0.15) is 41.1 Å². The molecule has 0 fully saturated rings. The van der Waals surface area contributed by atoms with Gasteiger partial charge in [0, 0.05) is 25.6 Å². The number of carbonyl (C=O) groups is 2. The van der Waals surface area contributed by atoms with Crippen molar-refractivity contribution in [3.63, 3.8) is 0 Å². The number of fused-ring (bicyclic) bond motifs is 1. The number of carbonyl (C=O) groups excluding carboxylic acids is 2. The highest BCUT2D eigenvalue weighted by Gasteiger charge is 2.21. The average Bonchev–Trinajstić information content (AvgIpc) is 3.37. The van der Waals surface area contributed by atoms with E-state index in [1.54, 1.807) is 24.3 Å². The van der Waals surface area contributed by atoms with Crippen LogP contribution in [0.3, 0.4) is 0 Å². The molecule has 4 rings (SSSR count). The molecule has 0 saturated carbocycles. The molecule has 3 aromatic carbocycles. The van der Waals surface area contributed by atoms with Crippen LogP contribution in [0.25, 0.3) is 0 Å². The van der Waals surface area contributed by atoms with Gasteiger partial charge in [0.05, 0.1) is 17.5 Å². The van der Waals surface area contributed by atoms with Gasteiger partial charge in [-0.1, -0.05) is 48.5 Å². The second-order valence-corrected chi connectivity index (χ2v) is 10.9. The average molecular weight is 523 g/mol.